The first kappa shape index (κ1) is 17.4. The van der Waals surface area contributed by atoms with Crippen molar-refractivity contribution in [3.05, 3.63) is 34.3 Å². The van der Waals surface area contributed by atoms with Crippen LogP contribution in [-0.4, -0.2) is 49.1 Å². The van der Waals surface area contributed by atoms with Crippen molar-refractivity contribution in [2.45, 2.75) is 31.8 Å². The predicted octanol–water partition coefficient (Wildman–Crippen LogP) is 2.60. The van der Waals surface area contributed by atoms with Crippen LogP contribution < -0.4 is 5.32 Å². The standard InChI is InChI=1S/C18H23BrN2O3/c19-15-5-3-14(4-6-15)18(23)21-9-7-13(8-10-21)17(22)20-12-16-2-1-11-24-16/h3-6,13,16H,1-2,7-12H2,(H,20,22). The average Bonchev–Trinajstić information content (AvgIpc) is 3.13. The van der Waals surface area contributed by atoms with Crippen LogP contribution in [0.4, 0.5) is 0 Å². The van der Waals surface area contributed by atoms with E-state index in [2.05, 4.69) is 21.2 Å². The zero-order chi connectivity index (χ0) is 16.9. The Kier molecular flexibility index (Phi) is 5.89. The van der Waals surface area contributed by atoms with Gasteiger partial charge < -0.3 is 15.0 Å². The fourth-order valence-corrected chi connectivity index (χ4v) is 3.55. The second-order valence-corrected chi connectivity index (χ2v) is 7.37. The van der Waals surface area contributed by atoms with Crippen molar-refractivity contribution in [1.82, 2.24) is 10.2 Å². The molecule has 0 spiro atoms. The van der Waals surface area contributed by atoms with Crippen molar-refractivity contribution in [3.63, 3.8) is 0 Å². The molecule has 2 heterocycles. The fraction of sp³-hybridized carbons (Fsp3) is 0.556. The van der Waals surface area contributed by atoms with Gasteiger partial charge in [-0.05, 0) is 49.9 Å². The number of hydrogen-bond donors (Lipinski definition) is 1. The first-order valence-electron chi connectivity index (χ1n) is 8.57. The zero-order valence-corrected chi connectivity index (χ0v) is 15.3. The lowest BCUT2D eigenvalue weighted by atomic mass is 9.95. The molecule has 2 aliphatic rings. The summed E-state index contributed by atoms with van der Waals surface area (Å²) in [5, 5.41) is 3.00. The van der Waals surface area contributed by atoms with Gasteiger partial charge in [-0.15, -0.1) is 0 Å². The van der Waals surface area contributed by atoms with Gasteiger partial charge in [0.15, 0.2) is 0 Å². The number of halogens is 1. The molecule has 2 amide bonds. The van der Waals surface area contributed by atoms with Gasteiger partial charge in [-0.3, -0.25) is 9.59 Å². The normalized spacial score (nSPS) is 21.7. The van der Waals surface area contributed by atoms with Gasteiger partial charge in [0.1, 0.15) is 0 Å². The Morgan fingerprint density at radius 2 is 1.88 bits per heavy atom. The molecule has 0 saturated carbocycles. The maximum Gasteiger partial charge on any atom is 0.253 e. The van der Waals surface area contributed by atoms with Gasteiger partial charge in [-0.2, -0.15) is 0 Å². The smallest absolute Gasteiger partial charge is 0.253 e. The van der Waals surface area contributed by atoms with E-state index in [0.717, 1.165) is 36.8 Å². The largest absolute Gasteiger partial charge is 0.376 e. The molecule has 130 valence electrons. The summed E-state index contributed by atoms with van der Waals surface area (Å²) in [5.74, 6) is 0.141. The van der Waals surface area contributed by atoms with Crippen LogP contribution in [0.2, 0.25) is 0 Å². The molecule has 0 bridgehead atoms. The summed E-state index contributed by atoms with van der Waals surface area (Å²) in [6, 6.07) is 7.40. The molecule has 1 N–H and O–H groups in total. The van der Waals surface area contributed by atoms with Crippen LogP contribution in [0.15, 0.2) is 28.7 Å². The molecule has 5 nitrogen and oxygen atoms in total. The SMILES string of the molecule is O=C(NCC1CCCO1)C1CCN(C(=O)c2ccc(Br)cc2)CC1. The number of likely N-dealkylation sites (tertiary alicyclic amines) is 1. The van der Waals surface area contributed by atoms with E-state index >= 15 is 0 Å². The maximum atomic E-state index is 12.5. The molecule has 0 aliphatic carbocycles. The van der Waals surface area contributed by atoms with Crippen molar-refractivity contribution < 1.29 is 14.3 Å². The molecule has 1 aromatic carbocycles. The summed E-state index contributed by atoms with van der Waals surface area (Å²) in [5.41, 5.74) is 0.694. The first-order chi connectivity index (χ1) is 11.6. The lowest BCUT2D eigenvalue weighted by molar-refractivity contribution is -0.126. The monoisotopic (exact) mass is 394 g/mol. The Bertz CT molecular complexity index is 576. The molecule has 1 atom stereocenters. The molecule has 1 aromatic rings. The Balaban J connectivity index is 1.45. The van der Waals surface area contributed by atoms with E-state index < -0.39 is 0 Å². The van der Waals surface area contributed by atoms with E-state index in [-0.39, 0.29) is 23.8 Å². The van der Waals surface area contributed by atoms with Gasteiger partial charge in [0.05, 0.1) is 6.10 Å². The lowest BCUT2D eigenvalue weighted by Crippen LogP contribution is -2.44. The molecule has 24 heavy (non-hydrogen) atoms. The van der Waals surface area contributed by atoms with Crippen LogP contribution in [0, 0.1) is 5.92 Å². The molecule has 6 heteroatoms. The minimum Gasteiger partial charge on any atom is -0.376 e. The second kappa shape index (κ2) is 8.12. The lowest BCUT2D eigenvalue weighted by Gasteiger charge is -2.31. The van der Waals surface area contributed by atoms with Crippen molar-refractivity contribution in [1.29, 1.82) is 0 Å². The van der Waals surface area contributed by atoms with E-state index in [1.807, 2.05) is 29.2 Å². The van der Waals surface area contributed by atoms with Crippen molar-refractivity contribution in [2.75, 3.05) is 26.2 Å². The number of amides is 2. The third-order valence-corrected chi connectivity index (χ3v) is 5.30. The highest BCUT2D eigenvalue weighted by atomic mass is 79.9. The van der Waals surface area contributed by atoms with E-state index in [0.29, 0.717) is 25.2 Å². The number of carbonyl (C=O) groups is 2. The summed E-state index contributed by atoms with van der Waals surface area (Å²) in [6.07, 6.45) is 3.73. The van der Waals surface area contributed by atoms with E-state index in [9.17, 15) is 9.59 Å². The summed E-state index contributed by atoms with van der Waals surface area (Å²) >= 11 is 3.38. The van der Waals surface area contributed by atoms with Crippen molar-refractivity contribution in [2.24, 2.45) is 5.92 Å². The van der Waals surface area contributed by atoms with Crippen molar-refractivity contribution >= 4 is 27.7 Å². The number of nitrogens with one attached hydrogen (secondary N) is 1. The number of benzene rings is 1. The number of carbonyl (C=O) groups excluding carboxylic acids is 2. The third-order valence-electron chi connectivity index (χ3n) is 4.77. The Morgan fingerprint density at radius 3 is 2.50 bits per heavy atom. The number of hydrogen-bond acceptors (Lipinski definition) is 3. The topological polar surface area (TPSA) is 58.6 Å². The van der Waals surface area contributed by atoms with Gasteiger partial charge >= 0.3 is 0 Å². The number of nitrogens with zero attached hydrogens (tertiary/aromatic N) is 1. The summed E-state index contributed by atoms with van der Waals surface area (Å²) in [4.78, 5) is 26.6. The maximum absolute atomic E-state index is 12.5. The first-order valence-corrected chi connectivity index (χ1v) is 9.37. The van der Waals surface area contributed by atoms with Gasteiger partial charge in [-0.25, -0.2) is 0 Å². The second-order valence-electron chi connectivity index (χ2n) is 6.45. The predicted molar refractivity (Wildman–Crippen MR) is 94.8 cm³/mol. The molecule has 0 radical (unpaired) electrons. The van der Waals surface area contributed by atoms with Gasteiger partial charge in [0.2, 0.25) is 5.91 Å². The molecule has 3 rings (SSSR count). The Morgan fingerprint density at radius 1 is 1.17 bits per heavy atom. The van der Waals surface area contributed by atoms with Crippen molar-refractivity contribution in [3.8, 4) is 0 Å². The molecular weight excluding hydrogens is 372 g/mol. The average molecular weight is 395 g/mol. The van der Waals surface area contributed by atoms with Crippen LogP contribution >= 0.6 is 15.9 Å². The van der Waals surface area contributed by atoms with Crippen LogP contribution in [-0.2, 0) is 9.53 Å². The van der Waals surface area contributed by atoms with E-state index in [4.69, 9.17) is 4.74 Å². The molecule has 2 fully saturated rings. The van der Waals surface area contributed by atoms with Crippen LogP contribution in [0.25, 0.3) is 0 Å². The van der Waals surface area contributed by atoms with E-state index in [1.54, 1.807) is 0 Å². The number of piperidine rings is 1. The third kappa shape index (κ3) is 4.36. The molecular formula is C18H23BrN2O3. The van der Waals surface area contributed by atoms with Gasteiger partial charge in [-0.1, -0.05) is 15.9 Å². The minimum atomic E-state index is 0.000343. The fourth-order valence-electron chi connectivity index (χ4n) is 3.28. The van der Waals surface area contributed by atoms with Crippen LogP contribution in [0.3, 0.4) is 0 Å². The van der Waals surface area contributed by atoms with Gasteiger partial charge in [0, 0.05) is 42.2 Å². The highest BCUT2D eigenvalue weighted by molar-refractivity contribution is 9.10. The quantitative estimate of drug-likeness (QED) is 0.853. The van der Waals surface area contributed by atoms with E-state index in [1.165, 1.54) is 0 Å². The molecule has 2 aliphatic heterocycles. The zero-order valence-electron chi connectivity index (χ0n) is 13.7. The molecule has 0 aromatic heterocycles. The van der Waals surface area contributed by atoms with Crippen LogP contribution in [0.1, 0.15) is 36.0 Å². The Hall–Kier alpha value is -1.40. The summed E-state index contributed by atoms with van der Waals surface area (Å²) in [7, 11) is 0. The molecule has 2 saturated heterocycles. The highest BCUT2D eigenvalue weighted by Gasteiger charge is 2.28. The highest BCUT2D eigenvalue weighted by Crippen LogP contribution is 2.20. The molecule has 1 unspecified atom stereocenters. The van der Waals surface area contributed by atoms with Crippen LogP contribution in [0.5, 0.6) is 0 Å². The number of ether oxygens (including phenoxy) is 1. The summed E-state index contributed by atoms with van der Waals surface area (Å²) in [6.45, 7) is 2.67. The Labute approximate surface area is 150 Å². The number of rotatable bonds is 4. The summed E-state index contributed by atoms with van der Waals surface area (Å²) < 4.78 is 6.48. The minimum absolute atomic E-state index is 0.000343. The van der Waals surface area contributed by atoms with Gasteiger partial charge in [0.25, 0.3) is 5.91 Å².